The molecule has 120 valence electrons. The number of nitrogens with zero attached hydrogens (tertiary/aromatic N) is 3. The van der Waals surface area contributed by atoms with Gasteiger partial charge in [-0.2, -0.15) is 5.26 Å². The van der Waals surface area contributed by atoms with Crippen molar-refractivity contribution in [3.63, 3.8) is 0 Å². The molecule has 0 unspecified atom stereocenters. The van der Waals surface area contributed by atoms with Crippen molar-refractivity contribution in [1.82, 2.24) is 10.3 Å². The zero-order chi connectivity index (χ0) is 17.1. The van der Waals surface area contributed by atoms with E-state index in [1.165, 1.54) is 18.3 Å². The Hall–Kier alpha value is -2.68. The molecular formula is C17H19FN4O. The maximum atomic E-state index is 13.8. The Labute approximate surface area is 134 Å². The highest BCUT2D eigenvalue weighted by atomic mass is 19.1. The zero-order valence-corrected chi connectivity index (χ0v) is 13.6. The first-order valence-corrected chi connectivity index (χ1v) is 7.33. The topological polar surface area (TPSA) is 69.0 Å². The Morgan fingerprint density at radius 3 is 2.78 bits per heavy atom. The fraction of sp³-hybridized carbons (Fsp3) is 0.353. The van der Waals surface area contributed by atoms with Crippen molar-refractivity contribution >= 4 is 22.5 Å². The molecule has 0 spiro atoms. The second kappa shape index (κ2) is 6.61. The average Bonchev–Trinajstić information content (AvgIpc) is 2.44. The fourth-order valence-corrected chi connectivity index (χ4v) is 2.58. The third kappa shape index (κ3) is 3.57. The minimum atomic E-state index is -0.395. The van der Waals surface area contributed by atoms with Gasteiger partial charge in [-0.1, -0.05) is 0 Å². The minimum Gasteiger partial charge on any atom is -0.364 e. The van der Waals surface area contributed by atoms with Crippen LogP contribution in [0.1, 0.15) is 25.0 Å². The number of carbonyl (C=O) groups is 1. The van der Waals surface area contributed by atoms with Crippen molar-refractivity contribution in [2.45, 2.75) is 26.8 Å². The molecule has 2 rings (SSSR count). The van der Waals surface area contributed by atoms with E-state index in [9.17, 15) is 14.4 Å². The molecule has 6 heteroatoms. The van der Waals surface area contributed by atoms with E-state index in [0.29, 0.717) is 27.7 Å². The number of amides is 1. The largest absolute Gasteiger partial charge is 0.364 e. The molecule has 1 heterocycles. The summed E-state index contributed by atoms with van der Waals surface area (Å²) in [7, 11) is 1.70. The third-order valence-electron chi connectivity index (χ3n) is 3.43. The number of aromatic nitrogens is 1. The molecule has 0 aliphatic rings. The number of hydrogen-bond acceptors (Lipinski definition) is 4. The number of anilines is 1. The molecule has 0 bridgehead atoms. The second-order valence-electron chi connectivity index (χ2n) is 5.83. The molecule has 0 atom stereocenters. The van der Waals surface area contributed by atoms with Gasteiger partial charge in [0.2, 0.25) is 5.91 Å². The molecule has 0 aliphatic carbocycles. The lowest BCUT2D eigenvalue weighted by Crippen LogP contribution is -2.38. The van der Waals surface area contributed by atoms with E-state index >= 15 is 0 Å². The van der Waals surface area contributed by atoms with Gasteiger partial charge in [-0.15, -0.1) is 0 Å². The van der Waals surface area contributed by atoms with Crippen molar-refractivity contribution in [3.8, 4) is 6.07 Å². The van der Waals surface area contributed by atoms with Gasteiger partial charge in [0.25, 0.3) is 0 Å². The van der Waals surface area contributed by atoms with Crippen LogP contribution in [-0.4, -0.2) is 30.5 Å². The van der Waals surface area contributed by atoms with E-state index in [1.807, 2.05) is 13.8 Å². The van der Waals surface area contributed by atoms with Gasteiger partial charge < -0.3 is 10.2 Å². The normalized spacial score (nSPS) is 10.7. The predicted molar refractivity (Wildman–Crippen MR) is 87.7 cm³/mol. The molecule has 1 aromatic carbocycles. The number of benzene rings is 1. The van der Waals surface area contributed by atoms with Gasteiger partial charge >= 0.3 is 0 Å². The summed E-state index contributed by atoms with van der Waals surface area (Å²) in [6.45, 7) is 5.58. The molecule has 2 aromatic rings. The van der Waals surface area contributed by atoms with Crippen LogP contribution in [0.4, 0.5) is 10.1 Å². The maximum Gasteiger partial charge on any atom is 0.239 e. The van der Waals surface area contributed by atoms with Crippen LogP contribution in [0.2, 0.25) is 0 Å². The van der Waals surface area contributed by atoms with Crippen molar-refractivity contribution < 1.29 is 9.18 Å². The molecule has 1 aromatic heterocycles. The summed E-state index contributed by atoms with van der Waals surface area (Å²) < 4.78 is 13.8. The number of carbonyl (C=O) groups excluding carboxylic acids is 1. The highest BCUT2D eigenvalue weighted by Crippen LogP contribution is 2.30. The van der Waals surface area contributed by atoms with E-state index < -0.39 is 5.82 Å². The minimum absolute atomic E-state index is 0.0280. The van der Waals surface area contributed by atoms with Gasteiger partial charge in [-0.3, -0.25) is 9.78 Å². The molecule has 0 saturated heterocycles. The first-order valence-electron chi connectivity index (χ1n) is 7.33. The fourth-order valence-electron chi connectivity index (χ4n) is 2.58. The molecule has 1 amide bonds. The van der Waals surface area contributed by atoms with E-state index in [0.717, 1.165) is 0 Å². The van der Waals surface area contributed by atoms with Crippen molar-refractivity contribution in [1.29, 1.82) is 5.26 Å². The lowest BCUT2D eigenvalue weighted by atomic mass is 10.1. The van der Waals surface area contributed by atoms with Crippen LogP contribution in [0.25, 0.3) is 10.9 Å². The van der Waals surface area contributed by atoms with Crippen molar-refractivity contribution in [3.05, 3.63) is 35.3 Å². The Kier molecular flexibility index (Phi) is 4.80. The van der Waals surface area contributed by atoms with Gasteiger partial charge in [0.05, 0.1) is 23.3 Å². The number of aryl methyl sites for hydroxylation is 1. The van der Waals surface area contributed by atoms with Gasteiger partial charge in [-0.25, -0.2) is 4.39 Å². The maximum absolute atomic E-state index is 13.8. The average molecular weight is 314 g/mol. The van der Waals surface area contributed by atoms with Crippen LogP contribution in [0, 0.1) is 24.1 Å². The number of halogens is 1. The highest BCUT2D eigenvalue weighted by Gasteiger charge is 2.17. The Bertz CT molecular complexity index is 795. The molecule has 23 heavy (non-hydrogen) atoms. The quantitative estimate of drug-likeness (QED) is 0.941. The van der Waals surface area contributed by atoms with E-state index in [4.69, 9.17) is 0 Å². The molecule has 0 radical (unpaired) electrons. The number of nitrogens with one attached hydrogen (secondary N) is 1. The van der Waals surface area contributed by atoms with Gasteiger partial charge in [-0.05, 0) is 38.5 Å². The summed E-state index contributed by atoms with van der Waals surface area (Å²) in [5, 5.41) is 12.7. The summed E-state index contributed by atoms with van der Waals surface area (Å²) in [5.41, 5.74) is 2.13. The second-order valence-corrected chi connectivity index (χ2v) is 5.83. The first-order chi connectivity index (χ1) is 10.8. The van der Waals surface area contributed by atoms with Crippen LogP contribution in [-0.2, 0) is 4.79 Å². The van der Waals surface area contributed by atoms with Crippen LogP contribution < -0.4 is 10.2 Å². The van der Waals surface area contributed by atoms with E-state index in [1.54, 1.807) is 18.9 Å². The molecule has 0 saturated carbocycles. The highest BCUT2D eigenvalue weighted by molar-refractivity contribution is 5.97. The number of fused-ring (bicyclic) bond motifs is 1. The number of rotatable bonds is 4. The SMILES string of the molecule is Cc1cc(F)cc2c(N(C)CC(=O)NC(C)C)c(C#N)cnc12. The van der Waals surface area contributed by atoms with Crippen LogP contribution in [0.15, 0.2) is 18.3 Å². The third-order valence-corrected chi connectivity index (χ3v) is 3.43. The lowest BCUT2D eigenvalue weighted by molar-refractivity contribution is -0.120. The van der Waals surface area contributed by atoms with Crippen molar-refractivity contribution in [2.24, 2.45) is 0 Å². The molecule has 1 N–H and O–H groups in total. The van der Waals surface area contributed by atoms with Crippen LogP contribution >= 0.6 is 0 Å². The molecule has 0 aliphatic heterocycles. The molecular weight excluding hydrogens is 295 g/mol. The summed E-state index contributed by atoms with van der Waals surface area (Å²) >= 11 is 0. The zero-order valence-electron chi connectivity index (χ0n) is 13.6. The molecule has 5 nitrogen and oxygen atoms in total. The number of nitriles is 1. The summed E-state index contributed by atoms with van der Waals surface area (Å²) in [4.78, 5) is 17.9. The van der Waals surface area contributed by atoms with E-state index in [-0.39, 0.29) is 18.5 Å². The first kappa shape index (κ1) is 16.7. The van der Waals surface area contributed by atoms with Crippen molar-refractivity contribution in [2.75, 3.05) is 18.5 Å². The smallest absolute Gasteiger partial charge is 0.239 e. The Morgan fingerprint density at radius 2 is 2.17 bits per heavy atom. The number of pyridine rings is 1. The lowest BCUT2D eigenvalue weighted by Gasteiger charge is -2.22. The van der Waals surface area contributed by atoms with Gasteiger partial charge in [0, 0.05) is 24.7 Å². The molecule has 0 fully saturated rings. The summed E-state index contributed by atoms with van der Waals surface area (Å²) in [6, 6.07) is 4.84. The van der Waals surface area contributed by atoms with Gasteiger partial charge in [0.1, 0.15) is 11.9 Å². The Balaban J connectivity index is 2.53. The summed E-state index contributed by atoms with van der Waals surface area (Å²) in [5.74, 6) is -0.558. The van der Waals surface area contributed by atoms with Gasteiger partial charge in [0.15, 0.2) is 0 Å². The number of hydrogen-bond donors (Lipinski definition) is 1. The van der Waals surface area contributed by atoms with Crippen LogP contribution in [0.5, 0.6) is 0 Å². The predicted octanol–water partition coefficient (Wildman–Crippen LogP) is 2.51. The summed E-state index contributed by atoms with van der Waals surface area (Å²) in [6.07, 6.45) is 1.46. The monoisotopic (exact) mass is 314 g/mol. The van der Waals surface area contributed by atoms with E-state index in [2.05, 4.69) is 16.4 Å². The number of likely N-dealkylation sites (N-methyl/N-ethyl adjacent to an activating group) is 1. The van der Waals surface area contributed by atoms with Crippen LogP contribution in [0.3, 0.4) is 0 Å². The standard InChI is InChI=1S/C17H19FN4O/c1-10(2)21-15(23)9-22(4)17-12(7-19)8-20-16-11(3)5-13(18)6-14(16)17/h5-6,8,10H,9H2,1-4H3,(H,21,23). The Morgan fingerprint density at radius 1 is 1.48 bits per heavy atom.